The Hall–Kier alpha value is -1.90. The fourth-order valence-corrected chi connectivity index (χ4v) is 3.36. The molecule has 118 valence electrons. The lowest BCUT2D eigenvalue weighted by atomic mass is 10.4. The molecule has 0 saturated carbocycles. The smallest absolute Gasteiger partial charge is 0.217 e. The third kappa shape index (κ3) is 3.39. The maximum Gasteiger partial charge on any atom is 0.217 e. The maximum atomic E-state index is 6.24. The van der Waals surface area contributed by atoms with Crippen molar-refractivity contribution in [1.82, 2.24) is 30.6 Å². The fourth-order valence-electron chi connectivity index (χ4n) is 1.88. The van der Waals surface area contributed by atoms with Gasteiger partial charge in [-0.1, -0.05) is 35.0 Å². The van der Waals surface area contributed by atoms with Crippen LogP contribution in [0.2, 0.25) is 10.0 Å². The second-order valence-corrected chi connectivity index (χ2v) is 6.38. The van der Waals surface area contributed by atoms with Gasteiger partial charge in [-0.2, -0.15) is 0 Å². The van der Waals surface area contributed by atoms with E-state index in [0.717, 1.165) is 15.5 Å². The van der Waals surface area contributed by atoms with Crippen LogP contribution in [-0.2, 0) is 0 Å². The zero-order valence-electron chi connectivity index (χ0n) is 12.1. The van der Waals surface area contributed by atoms with Gasteiger partial charge in [0.05, 0.1) is 15.6 Å². The van der Waals surface area contributed by atoms with Crippen molar-refractivity contribution in [3.05, 3.63) is 33.9 Å². The zero-order valence-corrected chi connectivity index (χ0v) is 14.5. The third-order valence-electron chi connectivity index (χ3n) is 2.93. The number of anilines is 1. The third-order valence-corrected chi connectivity index (χ3v) is 4.86. The minimum Gasteiger partial charge on any atom is -0.372 e. The van der Waals surface area contributed by atoms with Crippen molar-refractivity contribution >= 4 is 40.8 Å². The van der Waals surface area contributed by atoms with Crippen LogP contribution in [-0.4, -0.2) is 37.6 Å². The Morgan fingerprint density at radius 2 is 2.04 bits per heavy atom. The van der Waals surface area contributed by atoms with Gasteiger partial charge in [-0.05, 0) is 35.5 Å². The standard InChI is InChI=1S/C13H11Cl2N7S/c1-6-10(23-9-4-3-7(14)5-8(9)15)11(16-2)18-12(17-6)13-19-21-22-20-13/h3-5H,1-2H3,(H,16,17,18)(H,19,20,21,22). The van der Waals surface area contributed by atoms with E-state index in [4.69, 9.17) is 23.2 Å². The molecule has 10 heteroatoms. The number of tetrazole rings is 1. The molecule has 0 atom stereocenters. The van der Waals surface area contributed by atoms with E-state index in [0.29, 0.717) is 27.5 Å². The molecule has 0 fully saturated rings. The molecule has 0 bridgehead atoms. The van der Waals surface area contributed by atoms with E-state index < -0.39 is 0 Å². The lowest BCUT2D eigenvalue weighted by molar-refractivity contribution is 0.881. The Morgan fingerprint density at radius 3 is 2.70 bits per heavy atom. The zero-order chi connectivity index (χ0) is 16.4. The predicted molar refractivity (Wildman–Crippen MR) is 90.1 cm³/mol. The van der Waals surface area contributed by atoms with Gasteiger partial charge in [-0.25, -0.2) is 15.1 Å². The van der Waals surface area contributed by atoms with E-state index in [-0.39, 0.29) is 0 Å². The number of aromatic amines is 1. The van der Waals surface area contributed by atoms with Crippen LogP contribution in [0.4, 0.5) is 5.82 Å². The molecule has 0 unspecified atom stereocenters. The van der Waals surface area contributed by atoms with Gasteiger partial charge in [0, 0.05) is 17.0 Å². The summed E-state index contributed by atoms with van der Waals surface area (Å²) in [5, 5.41) is 17.8. The van der Waals surface area contributed by atoms with E-state index in [2.05, 4.69) is 35.9 Å². The number of hydrogen-bond acceptors (Lipinski definition) is 7. The molecule has 0 aliphatic carbocycles. The summed E-state index contributed by atoms with van der Waals surface area (Å²) in [6.45, 7) is 1.89. The van der Waals surface area contributed by atoms with E-state index >= 15 is 0 Å². The maximum absolute atomic E-state index is 6.24. The van der Waals surface area contributed by atoms with Gasteiger partial charge in [0.25, 0.3) is 0 Å². The quantitative estimate of drug-likeness (QED) is 0.728. The molecule has 23 heavy (non-hydrogen) atoms. The van der Waals surface area contributed by atoms with Crippen LogP contribution in [0.25, 0.3) is 11.6 Å². The number of aromatic nitrogens is 6. The highest BCUT2D eigenvalue weighted by Crippen LogP contribution is 2.39. The second kappa shape index (κ2) is 6.69. The SMILES string of the molecule is CNc1nc(-c2nnn[nH]2)nc(C)c1Sc1ccc(Cl)cc1Cl. The first-order chi connectivity index (χ1) is 11.1. The van der Waals surface area contributed by atoms with Crippen molar-refractivity contribution in [3.63, 3.8) is 0 Å². The Labute approximate surface area is 146 Å². The van der Waals surface area contributed by atoms with E-state index in [9.17, 15) is 0 Å². The lowest BCUT2D eigenvalue weighted by Gasteiger charge is -2.12. The topological polar surface area (TPSA) is 92.3 Å². The van der Waals surface area contributed by atoms with Crippen LogP contribution in [0.15, 0.2) is 28.0 Å². The summed E-state index contributed by atoms with van der Waals surface area (Å²) in [5.74, 6) is 1.49. The normalized spacial score (nSPS) is 10.8. The van der Waals surface area contributed by atoms with E-state index in [1.807, 2.05) is 13.0 Å². The summed E-state index contributed by atoms with van der Waals surface area (Å²) in [6, 6.07) is 5.36. The minimum absolute atomic E-state index is 0.408. The molecule has 7 nitrogen and oxygen atoms in total. The number of aryl methyl sites for hydroxylation is 1. The van der Waals surface area contributed by atoms with Crippen molar-refractivity contribution < 1.29 is 0 Å². The molecular weight excluding hydrogens is 357 g/mol. The number of rotatable bonds is 4. The number of halogens is 2. The first-order valence-electron chi connectivity index (χ1n) is 6.52. The molecule has 2 N–H and O–H groups in total. The second-order valence-electron chi connectivity index (χ2n) is 4.49. The molecule has 0 spiro atoms. The highest BCUT2D eigenvalue weighted by atomic mass is 35.5. The summed E-state index contributed by atoms with van der Waals surface area (Å²) < 4.78 is 0. The lowest BCUT2D eigenvalue weighted by Crippen LogP contribution is -2.03. The van der Waals surface area contributed by atoms with Crippen LogP contribution < -0.4 is 5.32 Å². The highest BCUT2D eigenvalue weighted by Gasteiger charge is 2.16. The van der Waals surface area contributed by atoms with Crippen molar-refractivity contribution in [2.75, 3.05) is 12.4 Å². The molecule has 0 aliphatic rings. The van der Waals surface area contributed by atoms with Gasteiger partial charge in [0.2, 0.25) is 11.6 Å². The van der Waals surface area contributed by atoms with Crippen molar-refractivity contribution in [2.45, 2.75) is 16.7 Å². The summed E-state index contributed by atoms with van der Waals surface area (Å²) >= 11 is 13.6. The number of nitrogens with one attached hydrogen (secondary N) is 2. The number of benzene rings is 1. The number of hydrogen-bond donors (Lipinski definition) is 2. The van der Waals surface area contributed by atoms with Gasteiger partial charge >= 0.3 is 0 Å². The van der Waals surface area contributed by atoms with Crippen LogP contribution in [0.5, 0.6) is 0 Å². The first kappa shape index (κ1) is 16.0. The molecule has 2 heterocycles. The average Bonchev–Trinajstić information content (AvgIpc) is 3.05. The molecule has 0 radical (unpaired) electrons. The highest BCUT2D eigenvalue weighted by molar-refractivity contribution is 7.99. The molecule has 3 rings (SSSR count). The average molecular weight is 368 g/mol. The van der Waals surface area contributed by atoms with Crippen molar-refractivity contribution in [1.29, 1.82) is 0 Å². The Kier molecular flexibility index (Phi) is 4.65. The van der Waals surface area contributed by atoms with Crippen LogP contribution in [0.3, 0.4) is 0 Å². The number of nitrogens with zero attached hydrogens (tertiary/aromatic N) is 5. The van der Waals surface area contributed by atoms with Gasteiger partial charge in [-0.3, -0.25) is 0 Å². The van der Waals surface area contributed by atoms with Gasteiger partial charge in [0.15, 0.2) is 0 Å². The van der Waals surface area contributed by atoms with Crippen molar-refractivity contribution in [3.8, 4) is 11.6 Å². The van der Waals surface area contributed by atoms with Crippen molar-refractivity contribution in [2.24, 2.45) is 0 Å². The van der Waals surface area contributed by atoms with Gasteiger partial charge in [0.1, 0.15) is 5.82 Å². The molecule has 3 aromatic rings. The minimum atomic E-state index is 0.408. The number of H-pyrrole nitrogens is 1. The Bertz CT molecular complexity index is 839. The molecule has 2 aromatic heterocycles. The van der Waals surface area contributed by atoms with Crippen LogP contribution in [0.1, 0.15) is 5.69 Å². The Balaban J connectivity index is 2.02. The monoisotopic (exact) mass is 367 g/mol. The summed E-state index contributed by atoms with van der Waals surface area (Å²) in [6.07, 6.45) is 0. The van der Waals surface area contributed by atoms with Gasteiger partial charge < -0.3 is 5.32 Å². The Morgan fingerprint density at radius 1 is 1.22 bits per heavy atom. The summed E-state index contributed by atoms with van der Waals surface area (Å²) in [7, 11) is 1.79. The van der Waals surface area contributed by atoms with Crippen LogP contribution >= 0.6 is 35.0 Å². The summed E-state index contributed by atoms with van der Waals surface area (Å²) in [4.78, 5) is 10.6. The van der Waals surface area contributed by atoms with Crippen LogP contribution in [0, 0.1) is 6.92 Å². The molecular formula is C13H11Cl2N7S. The van der Waals surface area contributed by atoms with E-state index in [1.54, 1.807) is 19.2 Å². The first-order valence-corrected chi connectivity index (χ1v) is 8.09. The molecule has 0 aliphatic heterocycles. The van der Waals surface area contributed by atoms with E-state index in [1.165, 1.54) is 11.8 Å². The summed E-state index contributed by atoms with van der Waals surface area (Å²) in [5.41, 5.74) is 0.784. The molecule has 0 saturated heterocycles. The molecule has 1 aromatic carbocycles. The molecule has 0 amide bonds. The van der Waals surface area contributed by atoms with Gasteiger partial charge in [-0.15, -0.1) is 5.10 Å². The fraction of sp³-hybridized carbons (Fsp3) is 0.154. The predicted octanol–water partition coefficient (Wildman–Crippen LogP) is 3.46. The largest absolute Gasteiger partial charge is 0.372 e.